The molecular formula is C51H85I9O6-2. The van der Waals surface area contributed by atoms with Gasteiger partial charge in [0.25, 0.3) is 0 Å². The molecule has 0 saturated heterocycles. The summed E-state index contributed by atoms with van der Waals surface area (Å²) in [4.78, 5) is 61.7. The van der Waals surface area contributed by atoms with Gasteiger partial charge < -0.3 is 0 Å². The Bertz CT molecular complexity index is 1160. The van der Waals surface area contributed by atoms with Crippen molar-refractivity contribution in [2.75, 3.05) is 0 Å². The van der Waals surface area contributed by atoms with Crippen LogP contribution in [0, 0.1) is 27.7 Å². The van der Waals surface area contributed by atoms with Gasteiger partial charge in [0.2, 0.25) is 0 Å². The largest absolute Gasteiger partial charge is 0.290 e. The molecule has 5 rings (SSSR count). The summed E-state index contributed by atoms with van der Waals surface area (Å²) in [5.41, 5.74) is 5.32. The molecule has 15 heteroatoms. The summed E-state index contributed by atoms with van der Waals surface area (Å²) in [6.07, 6.45) is 15.0. The van der Waals surface area contributed by atoms with Gasteiger partial charge in [-0.15, -0.1) is 24.0 Å². The molecule has 0 unspecified atom stereocenters. The molecule has 0 spiro atoms. The van der Waals surface area contributed by atoms with E-state index in [4.69, 9.17) is 0 Å². The summed E-state index contributed by atoms with van der Waals surface area (Å²) < 4.78 is 0. The second-order valence-electron chi connectivity index (χ2n) is 8.83. The number of hydrogen-bond acceptors (Lipinski definition) is 6. The molecule has 66 heavy (non-hydrogen) atoms. The van der Waals surface area contributed by atoms with Crippen LogP contribution in [0.25, 0.3) is 0 Å². The standard InChI is InChI=1S/2C8H10.3C6H4O2.8C2H6.CH4.2I3.I2.HI/c2*1-7-3-5-8(2)6-4-7;3*7-5-1-2-6(8)4-3-5;8*1-2;;2*1-3-2;1-2;/h2*3-6H,1-2H3;3*1-4H;8*1-2H3;1H4;;;;1H/q;;;;;;;;;;;;;;2*-1;;. The summed E-state index contributed by atoms with van der Waals surface area (Å²) in [5.74, 6) is -0.724. The van der Waals surface area contributed by atoms with Crippen LogP contribution in [-0.2, 0) is 28.8 Å². The van der Waals surface area contributed by atoms with Crippen molar-refractivity contribution in [2.45, 2.75) is 146 Å². The van der Waals surface area contributed by atoms with Crippen LogP contribution in [0.4, 0.5) is 0 Å². The summed E-state index contributed by atoms with van der Waals surface area (Å²) in [7, 11) is 0. The van der Waals surface area contributed by atoms with Crippen molar-refractivity contribution in [1.29, 1.82) is 0 Å². The summed E-state index contributed by atoms with van der Waals surface area (Å²) in [5, 5.41) is 0. The molecule has 0 N–H and O–H groups in total. The van der Waals surface area contributed by atoms with Gasteiger partial charge in [-0.1, -0.05) is 189 Å². The number of carbonyl (C=O) groups excluding carboxylic acids is 6. The van der Waals surface area contributed by atoms with Crippen LogP contribution < -0.4 is 26.5 Å². The van der Waals surface area contributed by atoms with Gasteiger partial charge in [-0.05, 0) is 101 Å². The molecule has 390 valence electrons. The first-order chi connectivity index (χ1) is 30.8. The fourth-order valence-electron chi connectivity index (χ4n) is 2.59. The van der Waals surface area contributed by atoms with Crippen LogP contribution in [0.15, 0.2) is 121 Å². The second kappa shape index (κ2) is 99.7. The molecule has 0 fully saturated rings. The monoisotopic (exact) mass is 1940 g/mol. The number of aryl methyl sites for hydroxylation is 4. The van der Waals surface area contributed by atoms with Gasteiger partial charge >= 0.3 is 101 Å². The Labute approximate surface area is 506 Å². The number of ketones is 6. The van der Waals surface area contributed by atoms with Gasteiger partial charge in [0.1, 0.15) is 0 Å². The quantitative estimate of drug-likeness (QED) is 0.192. The van der Waals surface area contributed by atoms with Gasteiger partial charge in [-0.2, -0.15) is 0 Å². The summed E-state index contributed by atoms with van der Waals surface area (Å²) >= 11 is 14.8. The van der Waals surface area contributed by atoms with Crippen molar-refractivity contribution in [3.8, 4) is 0 Å². The maximum atomic E-state index is 10.3. The van der Waals surface area contributed by atoms with Crippen LogP contribution >= 0.6 is 136 Å². The Morgan fingerprint density at radius 3 is 0.394 bits per heavy atom. The number of rotatable bonds is 0. The van der Waals surface area contributed by atoms with E-state index < -0.39 is 0 Å². The van der Waals surface area contributed by atoms with Crippen LogP contribution in [0.3, 0.4) is 0 Å². The second-order valence-corrected chi connectivity index (χ2v) is 41.3. The molecule has 3 aliphatic carbocycles. The minimum Gasteiger partial charge on any atom is -0.290 e. The van der Waals surface area contributed by atoms with E-state index in [0.29, 0.717) is 26.5 Å². The Hall–Kier alpha value is 1.47. The molecular weight excluding hydrogens is 1850 g/mol. The average molecular weight is 1940 g/mol. The molecule has 0 aromatic heterocycles. The fourth-order valence-corrected chi connectivity index (χ4v) is 2.59. The van der Waals surface area contributed by atoms with E-state index in [0.717, 1.165) is 0 Å². The topological polar surface area (TPSA) is 102 Å². The van der Waals surface area contributed by atoms with Gasteiger partial charge in [-0.3, -0.25) is 28.8 Å². The zero-order chi connectivity index (χ0) is 53.3. The smallest absolute Gasteiger partial charge is 0.178 e. The predicted octanol–water partition coefficient (Wildman–Crippen LogP) is 14.1. The SMILES string of the molecule is C.CC.CC.CC.CC.CC.CC.CC.CC.Cc1ccc(C)cc1.Cc1ccc(C)cc1.I.II.I[I-]I.I[I-]I.O=C1C=CC(=O)C=C1.O=C1C=CC(=O)C=C1.O=C1C=CC(=O)C=C1. The molecule has 0 bridgehead atoms. The third kappa shape index (κ3) is 103. The van der Waals surface area contributed by atoms with E-state index in [-0.39, 0.29) is 66.1 Å². The van der Waals surface area contributed by atoms with E-state index in [9.17, 15) is 28.8 Å². The number of allylic oxidation sites excluding steroid dienone is 12. The zero-order valence-electron chi connectivity index (χ0n) is 42.4. The van der Waals surface area contributed by atoms with E-state index in [1.165, 1.54) is 95.2 Å². The normalized spacial score (nSPS) is 10.1. The van der Waals surface area contributed by atoms with Gasteiger partial charge in [-0.25, -0.2) is 0 Å². The van der Waals surface area contributed by atoms with Crippen LogP contribution in [0.5, 0.6) is 0 Å². The molecule has 0 amide bonds. The summed E-state index contributed by atoms with van der Waals surface area (Å²) in [6, 6.07) is 17.0. The van der Waals surface area contributed by atoms with Crippen molar-refractivity contribution in [1.82, 2.24) is 0 Å². The number of halogens is 9. The first-order valence-electron chi connectivity index (χ1n) is 21.0. The maximum Gasteiger partial charge on any atom is 0.178 e. The molecule has 0 saturated carbocycles. The molecule has 0 heterocycles. The minimum absolute atomic E-state index is 0. The third-order valence-corrected chi connectivity index (χ3v) is 4.91. The van der Waals surface area contributed by atoms with Crippen molar-refractivity contribution in [2.24, 2.45) is 0 Å². The van der Waals surface area contributed by atoms with E-state index in [1.54, 1.807) is 0 Å². The van der Waals surface area contributed by atoms with Crippen LogP contribution in [-0.4, -0.2) is 34.7 Å². The predicted molar refractivity (Wildman–Crippen MR) is 354 cm³/mol. The number of benzene rings is 2. The Balaban J connectivity index is -0.0000000431. The van der Waals surface area contributed by atoms with Crippen molar-refractivity contribution in [3.63, 3.8) is 0 Å². The van der Waals surface area contributed by atoms with Gasteiger partial charge in [0.05, 0.1) is 0 Å². The summed E-state index contributed by atoms with van der Waals surface area (Å²) in [6.45, 7) is 40.4. The van der Waals surface area contributed by atoms with Crippen molar-refractivity contribution >= 4 is 170 Å². The maximum absolute atomic E-state index is 10.3. The first kappa shape index (κ1) is 100. The molecule has 0 atom stereocenters. The van der Waals surface area contributed by atoms with Crippen molar-refractivity contribution in [3.05, 3.63) is 144 Å². The Kier molecular flexibility index (Phi) is 152. The number of hydrogen-bond donors (Lipinski definition) is 0. The Morgan fingerprint density at radius 1 is 0.273 bits per heavy atom. The number of carbonyl (C=O) groups is 6. The average Bonchev–Trinajstić information content (AvgIpc) is 3.36. The van der Waals surface area contributed by atoms with Crippen LogP contribution in [0.1, 0.15) is 140 Å². The molecule has 2 aromatic carbocycles. The molecule has 3 aliphatic rings. The molecule has 6 nitrogen and oxygen atoms in total. The molecule has 0 radical (unpaired) electrons. The van der Waals surface area contributed by atoms with Gasteiger partial charge in [0.15, 0.2) is 34.7 Å². The first-order valence-corrected chi connectivity index (χ1v) is 52.5. The zero-order valence-corrected chi connectivity index (χ0v) is 62.0. The van der Waals surface area contributed by atoms with Gasteiger partial charge in [0, 0.05) is 37.2 Å². The Morgan fingerprint density at radius 2 is 0.333 bits per heavy atom. The fraction of sp³-hybridized carbons (Fsp3) is 0.412. The third-order valence-electron chi connectivity index (χ3n) is 4.91. The van der Waals surface area contributed by atoms with E-state index in [2.05, 4.69) is 188 Å². The van der Waals surface area contributed by atoms with E-state index >= 15 is 0 Å². The van der Waals surface area contributed by atoms with Crippen LogP contribution in [0.2, 0.25) is 0 Å². The minimum atomic E-state index is -0.121. The molecule has 0 aliphatic heterocycles. The van der Waals surface area contributed by atoms with Crippen molar-refractivity contribution < 1.29 is 55.3 Å². The van der Waals surface area contributed by atoms with E-state index in [1.807, 2.05) is 111 Å². The molecule has 2 aromatic rings.